The summed E-state index contributed by atoms with van der Waals surface area (Å²) in [5.41, 5.74) is 0.319. The summed E-state index contributed by atoms with van der Waals surface area (Å²) in [5, 5.41) is 9.77. The fraction of sp³-hybridized carbons (Fsp3) is 0.450. The molecule has 146 valence electrons. The third-order valence-electron chi connectivity index (χ3n) is 3.70. The van der Waals surface area contributed by atoms with Crippen LogP contribution in [-0.2, 0) is 22.5 Å². The van der Waals surface area contributed by atoms with Gasteiger partial charge in [0.25, 0.3) is 0 Å². The van der Waals surface area contributed by atoms with Crippen molar-refractivity contribution in [1.29, 1.82) is 0 Å². The monoisotopic (exact) mass is 372 g/mol. The predicted octanol–water partition coefficient (Wildman–Crippen LogP) is 2.52. The molecule has 0 spiro atoms. The molecule has 0 aliphatic carbocycles. The minimum Gasteiger partial charge on any atom is -0.444 e. The van der Waals surface area contributed by atoms with Gasteiger partial charge < -0.3 is 15.4 Å². The summed E-state index contributed by atoms with van der Waals surface area (Å²) in [5.74, 6) is -0.260. The zero-order valence-corrected chi connectivity index (χ0v) is 16.3. The Bertz CT molecular complexity index is 723. The van der Waals surface area contributed by atoms with Crippen molar-refractivity contribution in [3.63, 3.8) is 0 Å². The molecular formula is C20H28N4O3. The van der Waals surface area contributed by atoms with Gasteiger partial charge in [-0.2, -0.15) is 5.10 Å². The zero-order valence-electron chi connectivity index (χ0n) is 16.3. The van der Waals surface area contributed by atoms with Crippen molar-refractivity contribution >= 4 is 12.0 Å². The highest BCUT2D eigenvalue weighted by molar-refractivity contribution is 5.86. The average molecular weight is 372 g/mol. The molecular weight excluding hydrogens is 344 g/mol. The lowest BCUT2D eigenvalue weighted by Gasteiger charge is -2.24. The molecule has 0 aliphatic rings. The molecule has 2 atom stereocenters. The molecule has 0 saturated heterocycles. The molecule has 2 amide bonds. The molecule has 7 heteroatoms. The minimum atomic E-state index is -0.734. The minimum absolute atomic E-state index is 0.142. The van der Waals surface area contributed by atoms with E-state index in [4.69, 9.17) is 4.74 Å². The number of hydrogen-bond acceptors (Lipinski definition) is 4. The molecule has 2 rings (SSSR count). The number of carbonyl (C=O) groups excluding carboxylic acids is 2. The molecule has 2 unspecified atom stereocenters. The normalized spacial score (nSPS) is 13.5. The summed E-state index contributed by atoms with van der Waals surface area (Å²) < 4.78 is 7.05. The number of nitrogens with one attached hydrogen (secondary N) is 2. The smallest absolute Gasteiger partial charge is 0.408 e. The maximum absolute atomic E-state index is 12.8. The van der Waals surface area contributed by atoms with Crippen molar-refractivity contribution in [2.75, 3.05) is 0 Å². The molecule has 0 aliphatic heterocycles. The number of alkyl carbamates (subject to hydrolysis) is 1. The van der Waals surface area contributed by atoms with E-state index in [2.05, 4.69) is 15.7 Å². The highest BCUT2D eigenvalue weighted by Gasteiger charge is 2.25. The Morgan fingerprint density at radius 3 is 2.44 bits per heavy atom. The van der Waals surface area contributed by atoms with Crippen LogP contribution in [0.1, 0.15) is 33.3 Å². The number of hydrogen-bond donors (Lipinski definition) is 2. The third kappa shape index (κ3) is 7.52. The maximum atomic E-state index is 12.8. The van der Waals surface area contributed by atoms with E-state index in [-0.39, 0.29) is 11.9 Å². The van der Waals surface area contributed by atoms with Gasteiger partial charge in [-0.25, -0.2) is 4.79 Å². The number of ether oxygens (including phenoxy) is 1. The van der Waals surface area contributed by atoms with Crippen molar-refractivity contribution in [2.24, 2.45) is 0 Å². The van der Waals surface area contributed by atoms with Gasteiger partial charge in [0, 0.05) is 24.9 Å². The van der Waals surface area contributed by atoms with Crippen molar-refractivity contribution in [3.8, 4) is 0 Å². The topological polar surface area (TPSA) is 85.3 Å². The molecule has 0 radical (unpaired) electrons. The summed E-state index contributed by atoms with van der Waals surface area (Å²) in [6, 6.07) is 10.5. The van der Waals surface area contributed by atoms with Crippen molar-refractivity contribution < 1.29 is 14.3 Å². The molecule has 0 bridgehead atoms. The highest BCUT2D eigenvalue weighted by Crippen LogP contribution is 2.09. The molecule has 7 nitrogen and oxygen atoms in total. The number of carbonyl (C=O) groups is 2. The van der Waals surface area contributed by atoms with Crippen LogP contribution in [0.5, 0.6) is 0 Å². The van der Waals surface area contributed by atoms with Gasteiger partial charge in [-0.1, -0.05) is 30.3 Å². The van der Waals surface area contributed by atoms with Gasteiger partial charge in [0.1, 0.15) is 11.6 Å². The lowest BCUT2D eigenvalue weighted by atomic mass is 10.1. The summed E-state index contributed by atoms with van der Waals surface area (Å²) in [4.78, 5) is 25.0. The Labute approximate surface area is 160 Å². The van der Waals surface area contributed by atoms with E-state index in [1.54, 1.807) is 31.6 Å². The summed E-state index contributed by atoms with van der Waals surface area (Å²) >= 11 is 0. The quantitative estimate of drug-likeness (QED) is 0.782. The molecule has 0 saturated carbocycles. The zero-order chi connectivity index (χ0) is 19.9. The number of aromatic nitrogens is 2. The first-order valence-corrected chi connectivity index (χ1v) is 9.04. The Kier molecular flexibility index (Phi) is 6.98. The van der Waals surface area contributed by atoms with Crippen LogP contribution < -0.4 is 10.6 Å². The van der Waals surface area contributed by atoms with Crippen molar-refractivity contribution in [3.05, 3.63) is 54.4 Å². The van der Waals surface area contributed by atoms with Crippen LogP contribution in [0.4, 0.5) is 4.79 Å². The lowest BCUT2D eigenvalue weighted by molar-refractivity contribution is -0.123. The SMILES string of the molecule is CC(Cn1cccn1)NC(=O)C(Cc1ccccc1)NC(=O)OC(C)(C)C. The second-order valence-corrected chi connectivity index (χ2v) is 7.53. The number of benzene rings is 1. The Morgan fingerprint density at radius 1 is 1.15 bits per heavy atom. The van der Waals surface area contributed by atoms with Crippen LogP contribution in [-0.4, -0.2) is 39.5 Å². The maximum Gasteiger partial charge on any atom is 0.408 e. The van der Waals surface area contributed by atoms with E-state index in [1.807, 2.05) is 49.5 Å². The van der Waals surface area contributed by atoms with Gasteiger partial charge in [-0.05, 0) is 39.3 Å². The van der Waals surface area contributed by atoms with Crippen LogP contribution in [0, 0.1) is 0 Å². The van der Waals surface area contributed by atoms with Crippen molar-refractivity contribution in [2.45, 2.75) is 58.3 Å². The Hall–Kier alpha value is -2.83. The van der Waals surface area contributed by atoms with Crippen molar-refractivity contribution in [1.82, 2.24) is 20.4 Å². The summed E-state index contributed by atoms with van der Waals surface area (Å²) in [6.07, 6.45) is 3.29. The molecule has 0 fully saturated rings. The highest BCUT2D eigenvalue weighted by atomic mass is 16.6. The average Bonchev–Trinajstić information content (AvgIpc) is 3.06. The Balaban J connectivity index is 2.02. The fourth-order valence-corrected chi connectivity index (χ4v) is 2.59. The molecule has 1 aromatic heterocycles. The Morgan fingerprint density at radius 2 is 1.85 bits per heavy atom. The number of rotatable bonds is 7. The van der Waals surface area contributed by atoms with E-state index in [0.29, 0.717) is 13.0 Å². The first-order valence-electron chi connectivity index (χ1n) is 9.04. The van der Waals surface area contributed by atoms with Gasteiger partial charge in [0.2, 0.25) is 5.91 Å². The number of amides is 2. The first-order chi connectivity index (χ1) is 12.7. The fourth-order valence-electron chi connectivity index (χ4n) is 2.59. The van der Waals surface area contributed by atoms with Crippen LogP contribution in [0.15, 0.2) is 48.8 Å². The largest absolute Gasteiger partial charge is 0.444 e. The van der Waals surface area contributed by atoms with Gasteiger partial charge in [0.05, 0.1) is 6.54 Å². The summed E-state index contributed by atoms with van der Waals surface area (Å²) in [7, 11) is 0. The summed E-state index contributed by atoms with van der Waals surface area (Å²) in [6.45, 7) is 7.79. The first kappa shape index (κ1) is 20.5. The van der Waals surface area contributed by atoms with Gasteiger partial charge in [-0.3, -0.25) is 9.48 Å². The number of nitrogens with zero attached hydrogens (tertiary/aromatic N) is 2. The molecule has 27 heavy (non-hydrogen) atoms. The third-order valence-corrected chi connectivity index (χ3v) is 3.70. The van der Waals surface area contributed by atoms with Crippen LogP contribution in [0.25, 0.3) is 0 Å². The molecule has 2 N–H and O–H groups in total. The van der Waals surface area contributed by atoms with E-state index < -0.39 is 17.7 Å². The van der Waals surface area contributed by atoms with Crippen LogP contribution in [0.2, 0.25) is 0 Å². The van der Waals surface area contributed by atoms with Gasteiger partial charge >= 0.3 is 6.09 Å². The second-order valence-electron chi connectivity index (χ2n) is 7.53. The lowest BCUT2D eigenvalue weighted by Crippen LogP contribution is -2.51. The van der Waals surface area contributed by atoms with E-state index in [0.717, 1.165) is 5.56 Å². The standard InChI is InChI=1S/C20H28N4O3/c1-15(14-24-12-8-11-21-24)22-18(25)17(13-16-9-6-5-7-10-16)23-19(26)27-20(2,3)4/h5-12,15,17H,13-14H2,1-4H3,(H,22,25)(H,23,26). The molecule has 2 aromatic rings. The van der Waals surface area contributed by atoms with Gasteiger partial charge in [0.15, 0.2) is 0 Å². The van der Waals surface area contributed by atoms with E-state index in [9.17, 15) is 9.59 Å². The second kappa shape index (κ2) is 9.21. The van der Waals surface area contributed by atoms with E-state index in [1.165, 1.54) is 0 Å². The molecule has 1 heterocycles. The van der Waals surface area contributed by atoms with Gasteiger partial charge in [-0.15, -0.1) is 0 Å². The van der Waals surface area contributed by atoms with E-state index >= 15 is 0 Å². The molecule has 1 aromatic carbocycles. The van der Waals surface area contributed by atoms with Crippen LogP contribution >= 0.6 is 0 Å². The van der Waals surface area contributed by atoms with Crippen LogP contribution in [0.3, 0.4) is 0 Å². The predicted molar refractivity (Wildman–Crippen MR) is 103 cm³/mol.